The Kier molecular flexibility index (Phi) is 6.46. The molecular weight excluding hydrogens is 258 g/mol. The van der Waals surface area contributed by atoms with Crippen LogP contribution in [0, 0.1) is 11.3 Å². The van der Waals surface area contributed by atoms with Crippen LogP contribution in [0.4, 0.5) is 0 Å². The lowest BCUT2D eigenvalue weighted by molar-refractivity contribution is -0.143. The van der Waals surface area contributed by atoms with E-state index in [9.17, 15) is 14.9 Å². The van der Waals surface area contributed by atoms with Gasteiger partial charge in [0.25, 0.3) is 0 Å². The maximum atomic E-state index is 11.9. The zero-order valence-electron chi connectivity index (χ0n) is 12.3. The van der Waals surface area contributed by atoms with E-state index in [4.69, 9.17) is 4.74 Å². The van der Waals surface area contributed by atoms with Crippen molar-refractivity contribution in [1.29, 1.82) is 5.26 Å². The second-order valence-electron chi connectivity index (χ2n) is 5.24. The molecule has 0 aromatic heterocycles. The van der Waals surface area contributed by atoms with Crippen molar-refractivity contribution in [3.8, 4) is 6.07 Å². The summed E-state index contributed by atoms with van der Waals surface area (Å²) >= 11 is 0. The van der Waals surface area contributed by atoms with Crippen LogP contribution in [-0.2, 0) is 14.3 Å². The highest BCUT2D eigenvalue weighted by Crippen LogP contribution is 2.28. The number of rotatable bonds is 7. The van der Waals surface area contributed by atoms with Crippen LogP contribution < -0.4 is 5.32 Å². The first-order valence-corrected chi connectivity index (χ1v) is 7.08. The molecule has 1 fully saturated rings. The second kappa shape index (κ2) is 7.85. The van der Waals surface area contributed by atoms with E-state index in [1.807, 2.05) is 0 Å². The Bertz CT molecular complexity index is 384. The molecule has 0 radical (unpaired) electrons. The lowest BCUT2D eigenvalue weighted by Crippen LogP contribution is -2.48. The second-order valence-corrected chi connectivity index (χ2v) is 5.24. The van der Waals surface area contributed by atoms with Crippen LogP contribution in [0.2, 0.25) is 0 Å². The predicted molar refractivity (Wildman–Crippen MR) is 73.7 cm³/mol. The smallest absolute Gasteiger partial charge is 0.307 e. The van der Waals surface area contributed by atoms with Crippen molar-refractivity contribution in [2.24, 2.45) is 0 Å². The van der Waals surface area contributed by atoms with Gasteiger partial charge in [0.1, 0.15) is 5.54 Å². The molecule has 1 N–H and O–H groups in total. The molecule has 1 rings (SSSR count). The van der Waals surface area contributed by atoms with Crippen molar-refractivity contribution >= 4 is 11.9 Å². The fourth-order valence-electron chi connectivity index (χ4n) is 2.39. The van der Waals surface area contributed by atoms with Crippen LogP contribution in [0.15, 0.2) is 0 Å². The fraction of sp³-hybridized carbons (Fsp3) is 0.786. The highest BCUT2D eigenvalue weighted by atomic mass is 16.5. The van der Waals surface area contributed by atoms with Gasteiger partial charge in [-0.2, -0.15) is 5.26 Å². The molecule has 0 saturated heterocycles. The number of carbonyl (C=O) groups is 2. The number of nitriles is 1. The molecule has 0 spiro atoms. The number of ether oxygens (including phenoxy) is 1. The summed E-state index contributed by atoms with van der Waals surface area (Å²) in [6, 6.07) is 2.22. The highest BCUT2D eigenvalue weighted by Gasteiger charge is 2.35. The summed E-state index contributed by atoms with van der Waals surface area (Å²) in [6.07, 6.45) is 3.67. The maximum Gasteiger partial charge on any atom is 0.307 e. The summed E-state index contributed by atoms with van der Waals surface area (Å²) in [7, 11) is 1.77. The van der Waals surface area contributed by atoms with Gasteiger partial charge in [-0.15, -0.1) is 0 Å². The van der Waals surface area contributed by atoms with E-state index in [1.165, 1.54) is 0 Å². The summed E-state index contributed by atoms with van der Waals surface area (Å²) in [4.78, 5) is 24.9. The van der Waals surface area contributed by atoms with E-state index >= 15 is 0 Å². The fourth-order valence-corrected chi connectivity index (χ4v) is 2.39. The third-order valence-corrected chi connectivity index (χ3v) is 3.47. The molecule has 1 aliphatic rings. The Hall–Kier alpha value is -1.61. The van der Waals surface area contributed by atoms with Crippen LogP contribution in [0.3, 0.4) is 0 Å². The van der Waals surface area contributed by atoms with Crippen LogP contribution >= 0.6 is 0 Å². The van der Waals surface area contributed by atoms with Crippen molar-refractivity contribution in [2.45, 2.75) is 44.6 Å². The van der Waals surface area contributed by atoms with Gasteiger partial charge in [-0.25, -0.2) is 0 Å². The molecule has 1 saturated carbocycles. The molecule has 112 valence electrons. The van der Waals surface area contributed by atoms with Gasteiger partial charge in [0.05, 0.1) is 25.6 Å². The lowest BCUT2D eigenvalue weighted by Gasteiger charge is -2.24. The first-order valence-electron chi connectivity index (χ1n) is 7.08. The van der Waals surface area contributed by atoms with E-state index in [0.29, 0.717) is 13.2 Å². The van der Waals surface area contributed by atoms with E-state index < -0.39 is 5.54 Å². The van der Waals surface area contributed by atoms with Gasteiger partial charge in [-0.05, 0) is 39.7 Å². The minimum atomic E-state index is -0.681. The number of hydrogen-bond acceptors (Lipinski definition) is 5. The molecule has 0 aromatic rings. The minimum Gasteiger partial charge on any atom is -0.466 e. The molecule has 20 heavy (non-hydrogen) atoms. The zero-order chi connectivity index (χ0) is 15.0. The number of esters is 1. The van der Waals surface area contributed by atoms with Gasteiger partial charge < -0.3 is 10.1 Å². The molecule has 1 aliphatic carbocycles. The lowest BCUT2D eigenvalue weighted by atomic mass is 10.00. The number of likely N-dealkylation sites (N-methyl/N-ethyl adjacent to an activating group) is 1. The quantitative estimate of drug-likeness (QED) is 0.699. The van der Waals surface area contributed by atoms with Crippen LogP contribution in [-0.4, -0.2) is 49.1 Å². The average molecular weight is 281 g/mol. The van der Waals surface area contributed by atoms with Gasteiger partial charge in [0, 0.05) is 6.54 Å². The summed E-state index contributed by atoms with van der Waals surface area (Å²) < 4.78 is 4.83. The Morgan fingerprint density at radius 2 is 2.05 bits per heavy atom. The average Bonchev–Trinajstić information content (AvgIpc) is 2.85. The monoisotopic (exact) mass is 281 g/mol. The summed E-state index contributed by atoms with van der Waals surface area (Å²) in [5.41, 5.74) is -0.681. The van der Waals surface area contributed by atoms with Crippen molar-refractivity contribution in [2.75, 3.05) is 26.7 Å². The number of nitrogens with one attached hydrogen (secondary N) is 1. The molecule has 0 atom stereocenters. The molecule has 0 aromatic carbocycles. The molecule has 0 aliphatic heterocycles. The zero-order valence-corrected chi connectivity index (χ0v) is 12.3. The maximum absolute atomic E-state index is 11.9. The van der Waals surface area contributed by atoms with Crippen LogP contribution in [0.1, 0.15) is 39.0 Å². The van der Waals surface area contributed by atoms with Gasteiger partial charge in [0.2, 0.25) is 5.91 Å². The Morgan fingerprint density at radius 3 is 2.60 bits per heavy atom. The largest absolute Gasteiger partial charge is 0.466 e. The number of amides is 1. The Morgan fingerprint density at radius 1 is 1.40 bits per heavy atom. The molecule has 6 heteroatoms. The van der Waals surface area contributed by atoms with Gasteiger partial charge in [-0.3, -0.25) is 14.5 Å². The summed E-state index contributed by atoms with van der Waals surface area (Å²) in [6.45, 7) is 2.78. The van der Waals surface area contributed by atoms with E-state index in [0.717, 1.165) is 25.7 Å². The minimum absolute atomic E-state index is 0.167. The van der Waals surface area contributed by atoms with E-state index in [2.05, 4.69) is 11.4 Å². The molecular formula is C14H23N3O3. The summed E-state index contributed by atoms with van der Waals surface area (Å²) in [5.74, 6) is -0.427. The third kappa shape index (κ3) is 5.17. The first-order chi connectivity index (χ1) is 9.51. The van der Waals surface area contributed by atoms with E-state index in [-0.39, 0.29) is 24.8 Å². The van der Waals surface area contributed by atoms with Crippen molar-refractivity contribution < 1.29 is 14.3 Å². The Balaban J connectivity index is 2.31. The molecule has 1 amide bonds. The molecule has 6 nitrogen and oxygen atoms in total. The third-order valence-electron chi connectivity index (χ3n) is 3.47. The van der Waals surface area contributed by atoms with Crippen molar-refractivity contribution in [3.63, 3.8) is 0 Å². The van der Waals surface area contributed by atoms with Gasteiger partial charge >= 0.3 is 5.97 Å². The SMILES string of the molecule is CCOC(=O)CCN(C)CC(=O)NC1(C#N)CCCC1. The molecule has 0 unspecified atom stereocenters. The number of carbonyl (C=O) groups excluding carboxylic acids is 2. The first kappa shape index (κ1) is 16.4. The van der Waals surface area contributed by atoms with Crippen molar-refractivity contribution in [1.82, 2.24) is 10.2 Å². The van der Waals surface area contributed by atoms with Gasteiger partial charge in [0.15, 0.2) is 0 Å². The van der Waals surface area contributed by atoms with Gasteiger partial charge in [-0.1, -0.05) is 0 Å². The normalized spacial score (nSPS) is 16.7. The summed E-state index contributed by atoms with van der Waals surface area (Å²) in [5, 5.41) is 12.0. The predicted octanol–water partition coefficient (Wildman–Crippen LogP) is 0.824. The van der Waals surface area contributed by atoms with E-state index in [1.54, 1.807) is 18.9 Å². The Labute approximate surface area is 120 Å². The highest BCUT2D eigenvalue weighted by molar-refractivity contribution is 5.79. The standard InChI is InChI=1S/C14H23N3O3/c1-3-20-13(19)6-9-17(2)10-12(18)16-14(11-15)7-4-5-8-14/h3-10H2,1-2H3,(H,16,18). The molecule has 0 heterocycles. The van der Waals surface area contributed by atoms with Crippen LogP contribution in [0.5, 0.6) is 0 Å². The molecule has 0 bridgehead atoms. The number of nitrogens with zero attached hydrogens (tertiary/aromatic N) is 2. The van der Waals surface area contributed by atoms with Crippen molar-refractivity contribution in [3.05, 3.63) is 0 Å². The topological polar surface area (TPSA) is 82.4 Å². The van der Waals surface area contributed by atoms with Crippen LogP contribution in [0.25, 0.3) is 0 Å². The number of hydrogen-bond donors (Lipinski definition) is 1.